The minimum atomic E-state index is -0.710. The highest BCUT2D eigenvalue weighted by atomic mass is 79.9. The van der Waals surface area contributed by atoms with Gasteiger partial charge in [0.2, 0.25) is 5.91 Å². The minimum Gasteiger partial charge on any atom is -0.444 e. The van der Waals surface area contributed by atoms with E-state index in [4.69, 9.17) is 4.74 Å². The first-order valence-corrected chi connectivity index (χ1v) is 7.71. The molecule has 1 aliphatic rings. The summed E-state index contributed by atoms with van der Waals surface area (Å²) in [7, 11) is 0. The Bertz CT molecular complexity index is 392. The number of halogens is 1. The van der Waals surface area contributed by atoms with Crippen molar-refractivity contribution in [3.63, 3.8) is 0 Å². The first-order valence-electron chi connectivity index (χ1n) is 6.59. The lowest BCUT2D eigenvalue weighted by Gasteiger charge is -2.23. The molecule has 1 unspecified atom stereocenters. The van der Waals surface area contributed by atoms with Gasteiger partial charge in [-0.2, -0.15) is 0 Å². The topological polar surface area (TPSA) is 84.5 Å². The van der Waals surface area contributed by atoms with E-state index in [1.54, 1.807) is 20.8 Å². The minimum absolute atomic E-state index is 0.0663. The summed E-state index contributed by atoms with van der Waals surface area (Å²) in [6.07, 6.45) is 0.339. The first-order chi connectivity index (χ1) is 9.23. The normalized spacial score (nSPS) is 20.2. The summed E-state index contributed by atoms with van der Waals surface area (Å²) in [5, 5.41) is 5.40. The number of amides is 2. The van der Waals surface area contributed by atoms with E-state index in [0.717, 1.165) is 0 Å². The van der Waals surface area contributed by atoms with Crippen LogP contribution in [-0.2, 0) is 14.3 Å². The van der Waals surface area contributed by atoms with Gasteiger partial charge in [-0.3, -0.25) is 9.59 Å². The summed E-state index contributed by atoms with van der Waals surface area (Å²) in [6.45, 7) is 5.86. The Kier molecular flexibility index (Phi) is 5.98. The van der Waals surface area contributed by atoms with Crippen LogP contribution in [0.4, 0.5) is 4.79 Å². The molecule has 1 fully saturated rings. The molecule has 2 atom stereocenters. The van der Waals surface area contributed by atoms with Crippen LogP contribution in [0.5, 0.6) is 0 Å². The highest BCUT2D eigenvalue weighted by Crippen LogP contribution is 2.17. The Balaban J connectivity index is 2.62. The van der Waals surface area contributed by atoms with Crippen molar-refractivity contribution in [2.24, 2.45) is 5.92 Å². The highest BCUT2D eigenvalue weighted by molar-refractivity contribution is 9.09. The zero-order valence-electron chi connectivity index (χ0n) is 12.0. The van der Waals surface area contributed by atoms with E-state index >= 15 is 0 Å². The van der Waals surface area contributed by atoms with Crippen LogP contribution in [0.25, 0.3) is 0 Å². The lowest BCUT2D eigenvalue weighted by Crippen LogP contribution is -2.45. The molecule has 0 aromatic carbocycles. The lowest BCUT2D eigenvalue weighted by atomic mass is 9.96. The fraction of sp³-hybridized carbons (Fsp3) is 0.769. The fourth-order valence-corrected chi connectivity index (χ4v) is 2.36. The monoisotopic (exact) mass is 348 g/mol. The van der Waals surface area contributed by atoms with Crippen molar-refractivity contribution in [2.45, 2.75) is 45.3 Å². The molecule has 0 bridgehead atoms. The second kappa shape index (κ2) is 7.06. The summed E-state index contributed by atoms with van der Waals surface area (Å²) in [6, 6.07) is -0.710. The van der Waals surface area contributed by atoms with E-state index in [1.807, 2.05) is 0 Å². The third-order valence-corrected chi connectivity index (χ3v) is 3.45. The van der Waals surface area contributed by atoms with E-state index in [2.05, 4.69) is 26.6 Å². The molecule has 114 valence electrons. The molecule has 0 saturated carbocycles. The Morgan fingerprint density at radius 3 is 2.60 bits per heavy atom. The van der Waals surface area contributed by atoms with Gasteiger partial charge in [-0.05, 0) is 33.6 Å². The number of alkyl carbamates (subject to hydrolysis) is 1. The number of alkyl halides is 1. The Morgan fingerprint density at radius 2 is 2.15 bits per heavy atom. The van der Waals surface area contributed by atoms with Gasteiger partial charge in [0.25, 0.3) is 0 Å². The number of Topliss-reactive ketones (excluding diaryl/α,β-unsaturated/α-hetero) is 1. The highest BCUT2D eigenvalue weighted by Gasteiger charge is 2.31. The molecule has 2 amide bonds. The SMILES string of the molecule is CC(C)(C)OC(=O)NC(C[C@@H]1CCNC1=O)C(=O)CBr. The molecule has 1 saturated heterocycles. The second-order valence-electron chi connectivity index (χ2n) is 5.81. The van der Waals surface area contributed by atoms with Crippen LogP contribution in [0.3, 0.4) is 0 Å². The number of nitrogens with one attached hydrogen (secondary N) is 2. The average Bonchev–Trinajstić information content (AvgIpc) is 2.70. The first kappa shape index (κ1) is 16.9. The molecular formula is C13H21BrN2O4. The van der Waals surface area contributed by atoms with Crippen LogP contribution in [0.2, 0.25) is 0 Å². The maximum absolute atomic E-state index is 11.9. The van der Waals surface area contributed by atoms with E-state index in [9.17, 15) is 14.4 Å². The van der Waals surface area contributed by atoms with Crippen LogP contribution in [0, 0.1) is 5.92 Å². The second-order valence-corrected chi connectivity index (χ2v) is 6.37. The van der Waals surface area contributed by atoms with Crippen LogP contribution in [0.15, 0.2) is 0 Å². The molecule has 2 N–H and O–H groups in total. The summed E-state index contributed by atoms with van der Waals surface area (Å²) in [4.78, 5) is 35.2. The van der Waals surface area contributed by atoms with Crippen molar-refractivity contribution in [1.82, 2.24) is 10.6 Å². The van der Waals surface area contributed by atoms with Crippen molar-refractivity contribution in [3.05, 3.63) is 0 Å². The molecular weight excluding hydrogens is 328 g/mol. The van der Waals surface area contributed by atoms with Crippen LogP contribution < -0.4 is 10.6 Å². The van der Waals surface area contributed by atoms with Gasteiger partial charge in [-0.1, -0.05) is 15.9 Å². The van der Waals surface area contributed by atoms with Crippen LogP contribution in [-0.4, -0.2) is 41.3 Å². The number of hydrogen-bond acceptors (Lipinski definition) is 4. The molecule has 6 nitrogen and oxygen atoms in total. The zero-order chi connectivity index (χ0) is 15.3. The summed E-state index contributed by atoms with van der Waals surface area (Å²) >= 11 is 3.09. The molecule has 0 radical (unpaired) electrons. The van der Waals surface area contributed by atoms with Gasteiger partial charge in [0.05, 0.1) is 11.4 Å². The number of rotatable bonds is 5. The zero-order valence-corrected chi connectivity index (χ0v) is 13.6. The van der Waals surface area contributed by atoms with Gasteiger partial charge in [-0.15, -0.1) is 0 Å². The molecule has 0 aromatic heterocycles. The van der Waals surface area contributed by atoms with Gasteiger partial charge in [0.1, 0.15) is 5.60 Å². The number of ether oxygens (including phenoxy) is 1. The van der Waals surface area contributed by atoms with E-state index < -0.39 is 17.7 Å². The maximum Gasteiger partial charge on any atom is 0.408 e. The fourth-order valence-electron chi connectivity index (χ4n) is 1.97. The predicted molar refractivity (Wildman–Crippen MR) is 77.7 cm³/mol. The lowest BCUT2D eigenvalue weighted by molar-refractivity contribution is -0.123. The van der Waals surface area contributed by atoms with Gasteiger partial charge in [0.15, 0.2) is 5.78 Å². The molecule has 1 aliphatic heterocycles. The van der Waals surface area contributed by atoms with Crippen molar-refractivity contribution < 1.29 is 19.1 Å². The van der Waals surface area contributed by atoms with Gasteiger partial charge in [-0.25, -0.2) is 4.79 Å². The smallest absolute Gasteiger partial charge is 0.408 e. The van der Waals surface area contributed by atoms with Crippen molar-refractivity contribution in [1.29, 1.82) is 0 Å². The molecule has 0 spiro atoms. The molecule has 20 heavy (non-hydrogen) atoms. The molecule has 0 aliphatic carbocycles. The van der Waals surface area contributed by atoms with E-state index in [-0.39, 0.29) is 22.9 Å². The Morgan fingerprint density at radius 1 is 1.50 bits per heavy atom. The maximum atomic E-state index is 11.9. The quantitative estimate of drug-likeness (QED) is 0.735. The number of carbonyl (C=O) groups excluding carboxylic acids is 3. The predicted octanol–water partition coefficient (Wildman–Crippen LogP) is 1.37. The Hall–Kier alpha value is -1.11. The molecule has 1 rings (SSSR count). The van der Waals surface area contributed by atoms with E-state index in [0.29, 0.717) is 19.4 Å². The summed E-state index contributed by atoms with van der Waals surface area (Å²) in [5.41, 5.74) is -0.628. The van der Waals surface area contributed by atoms with Gasteiger partial charge in [0, 0.05) is 12.5 Å². The average molecular weight is 349 g/mol. The number of ketones is 1. The molecule has 0 aromatic rings. The van der Waals surface area contributed by atoms with E-state index in [1.165, 1.54) is 0 Å². The van der Waals surface area contributed by atoms with Crippen LogP contribution >= 0.6 is 15.9 Å². The number of hydrogen-bond donors (Lipinski definition) is 2. The Labute approximate surface area is 127 Å². The van der Waals surface area contributed by atoms with Crippen LogP contribution in [0.1, 0.15) is 33.6 Å². The van der Waals surface area contributed by atoms with Crippen molar-refractivity contribution >= 4 is 33.7 Å². The van der Waals surface area contributed by atoms with Crippen molar-refractivity contribution in [3.8, 4) is 0 Å². The van der Waals surface area contributed by atoms with Gasteiger partial charge >= 0.3 is 6.09 Å². The third kappa shape index (κ3) is 5.48. The summed E-state index contributed by atoms with van der Waals surface area (Å²) < 4.78 is 5.14. The van der Waals surface area contributed by atoms with Gasteiger partial charge < -0.3 is 15.4 Å². The third-order valence-electron chi connectivity index (χ3n) is 2.89. The molecule has 1 heterocycles. The number of carbonyl (C=O) groups is 3. The largest absolute Gasteiger partial charge is 0.444 e. The molecule has 7 heteroatoms. The van der Waals surface area contributed by atoms with Crippen molar-refractivity contribution in [2.75, 3.05) is 11.9 Å². The standard InChI is InChI=1S/C13H21BrN2O4/c1-13(2,3)20-12(19)16-9(10(17)7-14)6-8-4-5-15-11(8)18/h8-9H,4-7H2,1-3H3,(H,15,18)(H,16,19)/t8-,9?/m0/s1. The summed E-state index contributed by atoms with van der Waals surface area (Å²) in [5.74, 6) is -0.475.